The van der Waals surface area contributed by atoms with E-state index in [-0.39, 0.29) is 17.1 Å². The molecule has 3 aliphatic carbocycles. The normalized spacial score (nSPS) is 25.6. The first-order valence-electron chi connectivity index (χ1n) is 5.28. The molecular formula is C14H14FeO+2. The number of hydrogen-bond donors (Lipinski definition) is 0. The summed E-state index contributed by atoms with van der Waals surface area (Å²) in [5, 5.41) is 0. The molecule has 1 nitrogen and oxygen atoms in total. The van der Waals surface area contributed by atoms with Crippen molar-refractivity contribution in [3.63, 3.8) is 0 Å². The summed E-state index contributed by atoms with van der Waals surface area (Å²) in [6.07, 6.45) is 18.6. The maximum atomic E-state index is 10.9. The van der Waals surface area contributed by atoms with Gasteiger partial charge in [-0.05, 0) is 69.6 Å². The third kappa shape index (κ3) is 4.22. The Balaban J connectivity index is 0.000000183. The van der Waals surface area contributed by atoms with Crippen molar-refractivity contribution in [2.75, 3.05) is 0 Å². The molecule has 3 rings (SSSR count). The SMILES string of the molecule is O=C1CC[C]2[CH][CH][CH][C]2C1.[CH]1[CH][CH][CH][CH]1.[Fe+2]. The smallest absolute Gasteiger partial charge is 0.300 e. The van der Waals surface area contributed by atoms with E-state index in [1.54, 1.807) is 0 Å². The van der Waals surface area contributed by atoms with Gasteiger partial charge in [0.05, 0.1) is 0 Å². The van der Waals surface area contributed by atoms with Crippen molar-refractivity contribution in [1.29, 1.82) is 0 Å². The monoisotopic (exact) mass is 254 g/mol. The Morgan fingerprint density at radius 1 is 0.750 bits per heavy atom. The summed E-state index contributed by atoms with van der Waals surface area (Å²) in [5.74, 6) is 3.01. The van der Waals surface area contributed by atoms with E-state index in [1.807, 2.05) is 44.9 Å². The number of carbonyl (C=O) groups is 1. The van der Waals surface area contributed by atoms with Crippen molar-refractivity contribution in [2.24, 2.45) is 0 Å². The standard InChI is InChI=1S/C9H9O.C5H5.Fe/c10-9-5-4-7-2-1-3-8(7)6-9;1-2-4-5-3-1;/h1-3H,4-6H2;1-5H;/q;;+2. The molecule has 3 saturated carbocycles. The quantitative estimate of drug-likeness (QED) is 0.607. The first-order chi connectivity index (χ1) is 7.36. The van der Waals surface area contributed by atoms with Crippen LogP contribution in [0.15, 0.2) is 0 Å². The van der Waals surface area contributed by atoms with Crippen molar-refractivity contribution in [3.8, 4) is 0 Å². The molecule has 16 heavy (non-hydrogen) atoms. The van der Waals surface area contributed by atoms with Crippen LogP contribution in [0.1, 0.15) is 19.3 Å². The van der Waals surface area contributed by atoms with Gasteiger partial charge in [0, 0.05) is 12.8 Å². The molecule has 0 saturated heterocycles. The Kier molecular flexibility index (Phi) is 6.68. The molecule has 0 aromatic heterocycles. The van der Waals surface area contributed by atoms with E-state index < -0.39 is 0 Å². The van der Waals surface area contributed by atoms with Crippen molar-refractivity contribution in [2.45, 2.75) is 19.3 Å². The van der Waals surface area contributed by atoms with Gasteiger partial charge in [-0.3, -0.25) is 4.79 Å². The molecular weight excluding hydrogens is 240 g/mol. The van der Waals surface area contributed by atoms with Gasteiger partial charge in [0.15, 0.2) is 0 Å². The zero-order chi connectivity index (χ0) is 10.5. The number of fused-ring (bicyclic) bond motifs is 1. The second kappa shape index (κ2) is 7.50. The molecule has 0 atom stereocenters. The van der Waals surface area contributed by atoms with Gasteiger partial charge in [-0.15, -0.1) is 0 Å². The molecule has 0 aromatic carbocycles. The Labute approximate surface area is 110 Å². The van der Waals surface area contributed by atoms with Crippen LogP contribution in [0.4, 0.5) is 0 Å². The van der Waals surface area contributed by atoms with Crippen molar-refractivity contribution < 1.29 is 21.9 Å². The van der Waals surface area contributed by atoms with Crippen LogP contribution in [0.3, 0.4) is 0 Å². The Bertz CT molecular complexity index is 203. The minimum atomic E-state index is 0. The second-order valence-corrected chi connectivity index (χ2v) is 3.75. The fourth-order valence-corrected chi connectivity index (χ4v) is 1.81. The third-order valence-corrected chi connectivity index (χ3v) is 2.62. The van der Waals surface area contributed by atoms with Crippen LogP contribution in [0.5, 0.6) is 0 Å². The molecule has 0 unspecified atom stereocenters. The predicted molar refractivity (Wildman–Crippen MR) is 59.7 cm³/mol. The van der Waals surface area contributed by atoms with Gasteiger partial charge < -0.3 is 0 Å². The summed E-state index contributed by atoms with van der Waals surface area (Å²) in [4.78, 5) is 10.9. The molecule has 82 valence electrons. The van der Waals surface area contributed by atoms with E-state index in [1.165, 1.54) is 11.8 Å². The fourth-order valence-electron chi connectivity index (χ4n) is 1.81. The molecule has 0 aliphatic heterocycles. The molecule has 2 heteroatoms. The Hall–Kier alpha value is 0.189. The summed E-state index contributed by atoms with van der Waals surface area (Å²) in [6.45, 7) is 0. The van der Waals surface area contributed by atoms with Crippen LogP contribution >= 0.6 is 0 Å². The van der Waals surface area contributed by atoms with Crippen molar-refractivity contribution in [3.05, 3.63) is 63.2 Å². The molecule has 0 N–H and O–H groups in total. The summed E-state index contributed by atoms with van der Waals surface area (Å²) in [7, 11) is 0. The topological polar surface area (TPSA) is 17.1 Å². The van der Waals surface area contributed by atoms with E-state index in [0.29, 0.717) is 12.2 Å². The van der Waals surface area contributed by atoms with E-state index in [4.69, 9.17) is 0 Å². The molecule has 0 aromatic rings. The molecule has 0 heterocycles. The van der Waals surface area contributed by atoms with Crippen LogP contribution in [0.2, 0.25) is 0 Å². The van der Waals surface area contributed by atoms with Crippen LogP contribution in [-0.4, -0.2) is 5.78 Å². The van der Waals surface area contributed by atoms with E-state index >= 15 is 0 Å². The second-order valence-electron chi connectivity index (χ2n) is 3.75. The number of rotatable bonds is 0. The van der Waals surface area contributed by atoms with Crippen LogP contribution in [-0.2, 0) is 21.9 Å². The Morgan fingerprint density at radius 3 is 1.94 bits per heavy atom. The summed E-state index contributed by atoms with van der Waals surface area (Å²) < 4.78 is 0. The van der Waals surface area contributed by atoms with Gasteiger partial charge in [0.1, 0.15) is 5.78 Å². The average molecular weight is 254 g/mol. The van der Waals surface area contributed by atoms with Gasteiger partial charge >= 0.3 is 17.1 Å². The number of carbonyl (C=O) groups excluding carboxylic acids is 1. The summed E-state index contributed by atoms with van der Waals surface area (Å²) in [5.41, 5.74) is 0. The molecule has 0 spiro atoms. The number of hydrogen-bond acceptors (Lipinski definition) is 1. The third-order valence-electron chi connectivity index (χ3n) is 2.62. The average Bonchev–Trinajstić information content (AvgIpc) is 2.91. The van der Waals surface area contributed by atoms with E-state index in [2.05, 4.69) is 6.42 Å². The number of Topliss-reactive ketones (excluding diaryl/α,β-unsaturated/α-hetero) is 1. The largest absolute Gasteiger partial charge is 2.00 e. The van der Waals surface area contributed by atoms with Gasteiger partial charge in [-0.1, -0.05) is 0 Å². The zero-order valence-corrected chi connectivity index (χ0v) is 10.1. The van der Waals surface area contributed by atoms with E-state index in [0.717, 1.165) is 12.8 Å². The minimum absolute atomic E-state index is 0. The summed E-state index contributed by atoms with van der Waals surface area (Å²) in [6, 6.07) is 0. The van der Waals surface area contributed by atoms with E-state index in [9.17, 15) is 4.79 Å². The van der Waals surface area contributed by atoms with Crippen LogP contribution < -0.4 is 0 Å². The summed E-state index contributed by atoms with van der Waals surface area (Å²) >= 11 is 0. The van der Waals surface area contributed by atoms with Gasteiger partial charge in [-0.2, -0.15) is 0 Å². The first kappa shape index (κ1) is 14.3. The molecule has 3 fully saturated rings. The van der Waals surface area contributed by atoms with Crippen molar-refractivity contribution in [1.82, 2.24) is 0 Å². The van der Waals surface area contributed by atoms with Crippen LogP contribution in [0.25, 0.3) is 0 Å². The molecule has 10 radical (unpaired) electrons. The number of ketones is 1. The zero-order valence-electron chi connectivity index (χ0n) is 9.00. The Morgan fingerprint density at radius 2 is 1.31 bits per heavy atom. The maximum Gasteiger partial charge on any atom is 2.00 e. The molecule has 0 amide bonds. The molecule has 3 aliphatic rings. The van der Waals surface area contributed by atoms with Crippen LogP contribution in [0, 0.1) is 63.2 Å². The predicted octanol–water partition coefficient (Wildman–Crippen LogP) is 2.53. The van der Waals surface area contributed by atoms with Gasteiger partial charge in [0.2, 0.25) is 0 Å². The minimum Gasteiger partial charge on any atom is -0.300 e. The van der Waals surface area contributed by atoms with Gasteiger partial charge in [-0.25, -0.2) is 0 Å². The fraction of sp³-hybridized carbons (Fsp3) is 0.214. The molecule has 0 bridgehead atoms. The van der Waals surface area contributed by atoms with Gasteiger partial charge in [0.25, 0.3) is 0 Å². The first-order valence-corrected chi connectivity index (χ1v) is 5.28. The maximum absolute atomic E-state index is 10.9. The van der Waals surface area contributed by atoms with Crippen molar-refractivity contribution >= 4 is 5.78 Å².